The Hall–Kier alpha value is -2.62. The molecule has 0 fully saturated rings. The van der Waals surface area contributed by atoms with Crippen LogP contribution >= 0.6 is 34.3 Å². The van der Waals surface area contributed by atoms with Crippen molar-refractivity contribution < 1.29 is 9.53 Å². The van der Waals surface area contributed by atoms with Gasteiger partial charge in [0.05, 0.1) is 17.8 Å². The van der Waals surface area contributed by atoms with Crippen LogP contribution in [0.25, 0.3) is 10.2 Å². The first-order valence-corrected chi connectivity index (χ1v) is 10.8. The quantitative estimate of drug-likeness (QED) is 0.377. The Morgan fingerprint density at radius 2 is 2.03 bits per heavy atom. The fourth-order valence-corrected chi connectivity index (χ4v) is 5.03. The maximum atomic E-state index is 12.7. The number of rotatable bonds is 5. The van der Waals surface area contributed by atoms with Gasteiger partial charge >= 0.3 is 5.97 Å². The van der Waals surface area contributed by atoms with E-state index in [1.807, 2.05) is 19.9 Å². The molecule has 7 nitrogen and oxygen atoms in total. The van der Waals surface area contributed by atoms with Crippen molar-refractivity contribution in [2.24, 2.45) is 0 Å². The Labute approximate surface area is 180 Å². The predicted octanol–water partition coefficient (Wildman–Crippen LogP) is 5.46. The minimum Gasteiger partial charge on any atom is -0.462 e. The van der Waals surface area contributed by atoms with E-state index >= 15 is 0 Å². The van der Waals surface area contributed by atoms with Gasteiger partial charge in [-0.1, -0.05) is 11.6 Å². The van der Waals surface area contributed by atoms with Crippen LogP contribution in [0.5, 0.6) is 0 Å². The Balaban J connectivity index is 1.95. The van der Waals surface area contributed by atoms with Gasteiger partial charge in [0.1, 0.15) is 15.4 Å². The number of aromatic nitrogens is 4. The molecule has 148 valence electrons. The molecular weight excluding hydrogens is 430 g/mol. The van der Waals surface area contributed by atoms with Crippen LogP contribution < -0.4 is 4.90 Å². The van der Waals surface area contributed by atoms with Crippen molar-refractivity contribution >= 4 is 67.2 Å². The predicted molar refractivity (Wildman–Crippen MR) is 116 cm³/mol. The average molecular weight is 446 g/mol. The summed E-state index contributed by atoms with van der Waals surface area (Å²) in [6.07, 6.45) is 6.50. The van der Waals surface area contributed by atoms with Crippen molar-refractivity contribution in [1.29, 1.82) is 0 Å². The second-order valence-corrected chi connectivity index (χ2v) is 8.88. The SMILES string of the molecule is CCOC(=O)c1c(N(c2cnccn2)c2ncc3cc(C)sc3n2)sc(C)c1Cl. The van der Waals surface area contributed by atoms with Crippen molar-refractivity contribution in [1.82, 2.24) is 19.9 Å². The summed E-state index contributed by atoms with van der Waals surface area (Å²) in [5.41, 5.74) is 0.271. The first kappa shape index (κ1) is 19.7. The van der Waals surface area contributed by atoms with Crippen LogP contribution in [0, 0.1) is 13.8 Å². The van der Waals surface area contributed by atoms with Gasteiger partial charge in [-0.3, -0.25) is 9.88 Å². The van der Waals surface area contributed by atoms with Crippen LogP contribution in [0.3, 0.4) is 0 Å². The molecule has 0 aliphatic carbocycles. The number of ether oxygens (including phenoxy) is 1. The van der Waals surface area contributed by atoms with Crippen molar-refractivity contribution in [2.75, 3.05) is 11.5 Å². The lowest BCUT2D eigenvalue weighted by Crippen LogP contribution is -2.17. The smallest absolute Gasteiger partial charge is 0.342 e. The van der Waals surface area contributed by atoms with E-state index in [4.69, 9.17) is 21.3 Å². The monoisotopic (exact) mass is 445 g/mol. The van der Waals surface area contributed by atoms with Gasteiger partial charge in [-0.2, -0.15) is 0 Å². The molecule has 0 N–H and O–H groups in total. The summed E-state index contributed by atoms with van der Waals surface area (Å²) in [6.45, 7) is 5.86. The number of hydrogen-bond acceptors (Lipinski definition) is 9. The number of anilines is 3. The van der Waals surface area contributed by atoms with Gasteiger partial charge in [0.15, 0.2) is 5.82 Å². The molecular formula is C19H16ClN5O2S2. The minimum atomic E-state index is -0.501. The molecule has 0 aromatic carbocycles. The third-order valence-electron chi connectivity index (χ3n) is 4.04. The molecule has 0 bridgehead atoms. The molecule has 0 aliphatic heterocycles. The highest BCUT2D eigenvalue weighted by molar-refractivity contribution is 7.18. The molecule has 0 aliphatic rings. The van der Waals surface area contributed by atoms with Gasteiger partial charge in [-0.05, 0) is 26.8 Å². The second-order valence-electron chi connectivity index (χ2n) is 6.06. The Kier molecular flexibility index (Phi) is 5.44. The molecule has 4 heterocycles. The van der Waals surface area contributed by atoms with Crippen LogP contribution in [-0.4, -0.2) is 32.5 Å². The second kappa shape index (κ2) is 8.02. The van der Waals surface area contributed by atoms with Gasteiger partial charge in [0.2, 0.25) is 5.95 Å². The third kappa shape index (κ3) is 3.68. The van der Waals surface area contributed by atoms with E-state index in [0.29, 0.717) is 21.8 Å². The zero-order valence-electron chi connectivity index (χ0n) is 15.8. The number of nitrogens with zero attached hydrogens (tertiary/aromatic N) is 5. The zero-order valence-corrected chi connectivity index (χ0v) is 18.2. The molecule has 0 spiro atoms. The van der Waals surface area contributed by atoms with E-state index in [-0.39, 0.29) is 12.2 Å². The van der Waals surface area contributed by atoms with E-state index in [1.54, 1.807) is 47.9 Å². The van der Waals surface area contributed by atoms with Gasteiger partial charge in [-0.15, -0.1) is 22.7 Å². The maximum absolute atomic E-state index is 12.7. The lowest BCUT2D eigenvalue weighted by atomic mass is 10.2. The van der Waals surface area contributed by atoms with Gasteiger partial charge in [0, 0.05) is 33.7 Å². The first-order chi connectivity index (χ1) is 14.0. The molecule has 0 amide bonds. The van der Waals surface area contributed by atoms with Crippen LogP contribution in [0.15, 0.2) is 30.9 Å². The number of aryl methyl sites for hydroxylation is 2. The Morgan fingerprint density at radius 3 is 2.76 bits per heavy atom. The molecule has 0 atom stereocenters. The first-order valence-electron chi connectivity index (χ1n) is 8.75. The van der Waals surface area contributed by atoms with E-state index in [9.17, 15) is 4.79 Å². The summed E-state index contributed by atoms with van der Waals surface area (Å²) in [5, 5.41) is 1.85. The van der Waals surface area contributed by atoms with Crippen molar-refractivity contribution in [3.63, 3.8) is 0 Å². The van der Waals surface area contributed by atoms with Crippen molar-refractivity contribution in [3.8, 4) is 0 Å². The maximum Gasteiger partial charge on any atom is 0.342 e. The number of halogens is 1. The summed E-state index contributed by atoms with van der Waals surface area (Å²) in [4.78, 5) is 34.9. The minimum absolute atomic E-state index is 0.242. The molecule has 0 radical (unpaired) electrons. The Morgan fingerprint density at radius 1 is 1.21 bits per heavy atom. The highest BCUT2D eigenvalue weighted by Crippen LogP contribution is 2.44. The fraction of sp³-hybridized carbons (Fsp3) is 0.211. The summed E-state index contributed by atoms with van der Waals surface area (Å²) in [7, 11) is 0. The van der Waals surface area contributed by atoms with E-state index in [1.165, 1.54) is 11.3 Å². The number of thiophene rings is 2. The highest BCUT2D eigenvalue weighted by atomic mass is 35.5. The van der Waals surface area contributed by atoms with Gasteiger partial charge in [0.25, 0.3) is 0 Å². The highest BCUT2D eigenvalue weighted by Gasteiger charge is 2.30. The molecule has 4 rings (SSSR count). The average Bonchev–Trinajstić information content (AvgIpc) is 3.21. The molecule has 29 heavy (non-hydrogen) atoms. The van der Waals surface area contributed by atoms with Crippen LogP contribution in [0.1, 0.15) is 27.0 Å². The lowest BCUT2D eigenvalue weighted by molar-refractivity contribution is 0.0528. The number of fused-ring (bicyclic) bond motifs is 1. The van der Waals surface area contributed by atoms with Crippen LogP contribution in [0.4, 0.5) is 16.8 Å². The summed E-state index contributed by atoms with van der Waals surface area (Å²) in [5.74, 6) is 0.352. The van der Waals surface area contributed by atoms with Crippen LogP contribution in [-0.2, 0) is 4.74 Å². The summed E-state index contributed by atoms with van der Waals surface area (Å²) >= 11 is 9.40. The number of carbonyl (C=O) groups excluding carboxylic acids is 1. The molecule has 10 heteroatoms. The summed E-state index contributed by atoms with van der Waals surface area (Å²) in [6, 6.07) is 2.03. The number of hydrogen-bond donors (Lipinski definition) is 0. The largest absolute Gasteiger partial charge is 0.462 e. The standard InChI is InChI=1S/C19H16ClN5O2S2/c1-4-27-18(26)14-15(20)11(3)29-17(14)25(13-9-21-5-6-22-13)19-23-8-12-7-10(2)28-16(12)24-19/h5-9H,4H2,1-3H3. The fourth-order valence-electron chi connectivity index (χ4n) is 2.81. The molecule has 0 saturated carbocycles. The molecule has 4 aromatic heterocycles. The molecule has 4 aromatic rings. The van der Waals surface area contributed by atoms with Crippen molar-refractivity contribution in [3.05, 3.63) is 51.2 Å². The van der Waals surface area contributed by atoms with E-state index in [2.05, 4.69) is 15.0 Å². The zero-order chi connectivity index (χ0) is 20.5. The van der Waals surface area contributed by atoms with E-state index < -0.39 is 5.97 Å². The van der Waals surface area contributed by atoms with E-state index in [0.717, 1.165) is 20.0 Å². The van der Waals surface area contributed by atoms with Gasteiger partial charge < -0.3 is 4.74 Å². The summed E-state index contributed by atoms with van der Waals surface area (Å²) < 4.78 is 5.24. The van der Waals surface area contributed by atoms with Gasteiger partial charge in [-0.25, -0.2) is 19.7 Å². The normalized spacial score (nSPS) is 11.0. The third-order valence-corrected chi connectivity index (χ3v) is 6.67. The molecule has 0 saturated heterocycles. The van der Waals surface area contributed by atoms with Crippen molar-refractivity contribution in [2.45, 2.75) is 20.8 Å². The topological polar surface area (TPSA) is 81.1 Å². The lowest BCUT2D eigenvalue weighted by Gasteiger charge is -2.20. The molecule has 0 unspecified atom stereocenters. The number of carbonyl (C=O) groups is 1. The number of esters is 1. The Bertz CT molecular complexity index is 1190. The van der Waals surface area contributed by atoms with Crippen LogP contribution in [0.2, 0.25) is 5.02 Å².